The molecule has 4 rings (SSSR count). The largest absolute Gasteiger partial charge is 0.478 e. The van der Waals surface area contributed by atoms with Gasteiger partial charge >= 0.3 is 5.97 Å². The number of benzene rings is 1. The van der Waals surface area contributed by atoms with Gasteiger partial charge in [-0.05, 0) is 30.5 Å². The number of pyridine rings is 1. The first-order valence-corrected chi connectivity index (χ1v) is 9.34. The van der Waals surface area contributed by atoms with Gasteiger partial charge in [0, 0.05) is 36.9 Å². The molecule has 1 saturated heterocycles. The molecule has 27 heavy (non-hydrogen) atoms. The zero-order chi connectivity index (χ0) is 18.8. The summed E-state index contributed by atoms with van der Waals surface area (Å²) in [5, 5.41) is 14.0. The number of H-pyrrole nitrogens is 1. The van der Waals surface area contributed by atoms with E-state index in [0.717, 1.165) is 31.4 Å². The van der Waals surface area contributed by atoms with Gasteiger partial charge in [-0.3, -0.25) is 4.90 Å². The lowest BCUT2D eigenvalue weighted by molar-refractivity contribution is 0.0697. The Labute approximate surface area is 158 Å². The van der Waals surface area contributed by atoms with E-state index in [2.05, 4.69) is 51.4 Å². The van der Waals surface area contributed by atoms with E-state index in [-0.39, 0.29) is 11.6 Å². The van der Waals surface area contributed by atoms with Crippen LogP contribution in [0.25, 0.3) is 11.0 Å². The predicted molar refractivity (Wildman–Crippen MR) is 106 cm³/mol. The lowest BCUT2D eigenvalue weighted by Gasteiger charge is -2.38. The lowest BCUT2D eigenvalue weighted by atomic mass is 9.92. The van der Waals surface area contributed by atoms with Crippen LogP contribution in [-0.2, 0) is 6.54 Å². The summed E-state index contributed by atoms with van der Waals surface area (Å²) in [7, 11) is 0. The second-order valence-corrected chi connectivity index (χ2v) is 7.33. The van der Waals surface area contributed by atoms with Gasteiger partial charge in [-0.25, -0.2) is 9.78 Å². The molecular weight excluding hydrogens is 340 g/mol. The SMILES string of the molecule is C[C@@H]1CCN(Cc2ccccc2)C[C@@H]1Nc1c(C(=O)O)cnc2[nH]ccc12. The first-order valence-electron chi connectivity index (χ1n) is 9.34. The van der Waals surface area contributed by atoms with E-state index in [1.165, 1.54) is 11.8 Å². The van der Waals surface area contributed by atoms with E-state index in [1.54, 1.807) is 6.20 Å². The van der Waals surface area contributed by atoms with E-state index >= 15 is 0 Å². The van der Waals surface area contributed by atoms with Crippen LogP contribution in [0.4, 0.5) is 5.69 Å². The topological polar surface area (TPSA) is 81.2 Å². The minimum Gasteiger partial charge on any atom is -0.478 e. The number of hydrogen-bond acceptors (Lipinski definition) is 4. The maximum absolute atomic E-state index is 11.7. The summed E-state index contributed by atoms with van der Waals surface area (Å²) in [6, 6.07) is 12.5. The van der Waals surface area contributed by atoms with Gasteiger partial charge in [0.05, 0.1) is 5.69 Å². The first-order chi connectivity index (χ1) is 13.1. The van der Waals surface area contributed by atoms with Gasteiger partial charge in [0.1, 0.15) is 11.2 Å². The smallest absolute Gasteiger partial charge is 0.339 e. The monoisotopic (exact) mass is 364 g/mol. The first kappa shape index (κ1) is 17.5. The molecule has 6 nitrogen and oxygen atoms in total. The summed E-state index contributed by atoms with van der Waals surface area (Å²) >= 11 is 0. The molecule has 1 aromatic carbocycles. The number of rotatable bonds is 5. The maximum Gasteiger partial charge on any atom is 0.339 e. The van der Waals surface area contributed by atoms with Gasteiger partial charge in [0.2, 0.25) is 0 Å². The minimum absolute atomic E-state index is 0.182. The summed E-state index contributed by atoms with van der Waals surface area (Å²) in [5.74, 6) is -0.501. The molecule has 3 heterocycles. The molecule has 1 aliphatic heterocycles. The number of aromatic nitrogens is 2. The van der Waals surface area contributed by atoms with Crippen LogP contribution in [0.5, 0.6) is 0 Å². The van der Waals surface area contributed by atoms with Crippen molar-refractivity contribution in [1.29, 1.82) is 0 Å². The Morgan fingerprint density at radius 1 is 1.33 bits per heavy atom. The molecule has 0 amide bonds. The number of nitrogens with one attached hydrogen (secondary N) is 2. The van der Waals surface area contributed by atoms with Crippen LogP contribution in [-0.4, -0.2) is 45.1 Å². The van der Waals surface area contributed by atoms with Crippen molar-refractivity contribution in [1.82, 2.24) is 14.9 Å². The number of likely N-dealkylation sites (tertiary alicyclic amines) is 1. The quantitative estimate of drug-likeness (QED) is 0.645. The highest BCUT2D eigenvalue weighted by Gasteiger charge is 2.28. The molecule has 3 aromatic rings. The number of carbonyl (C=O) groups is 1. The third kappa shape index (κ3) is 3.66. The molecule has 2 atom stereocenters. The molecule has 0 unspecified atom stereocenters. The van der Waals surface area contributed by atoms with Gasteiger partial charge in [-0.15, -0.1) is 0 Å². The van der Waals surface area contributed by atoms with Crippen molar-refractivity contribution in [3.05, 3.63) is 59.9 Å². The fourth-order valence-corrected chi connectivity index (χ4v) is 3.82. The number of fused-ring (bicyclic) bond motifs is 1. The van der Waals surface area contributed by atoms with Crippen molar-refractivity contribution in [2.45, 2.75) is 25.9 Å². The molecule has 0 radical (unpaired) electrons. The zero-order valence-corrected chi connectivity index (χ0v) is 15.4. The Hall–Kier alpha value is -2.86. The predicted octanol–water partition coefficient (Wildman–Crippen LogP) is 3.58. The normalized spacial score (nSPS) is 20.6. The molecule has 0 saturated carbocycles. The lowest BCUT2D eigenvalue weighted by Crippen LogP contribution is -2.46. The van der Waals surface area contributed by atoms with Gasteiger partial charge in [-0.1, -0.05) is 37.3 Å². The summed E-state index contributed by atoms with van der Waals surface area (Å²) in [5.41, 5.74) is 2.88. The molecule has 2 aromatic heterocycles. The molecule has 140 valence electrons. The molecule has 3 N–H and O–H groups in total. The molecule has 0 spiro atoms. The third-order valence-corrected chi connectivity index (χ3v) is 5.44. The average molecular weight is 364 g/mol. The van der Waals surface area contributed by atoms with E-state index in [1.807, 2.05) is 12.1 Å². The Morgan fingerprint density at radius 3 is 2.93 bits per heavy atom. The van der Waals surface area contributed by atoms with Crippen LogP contribution >= 0.6 is 0 Å². The van der Waals surface area contributed by atoms with Crippen molar-refractivity contribution < 1.29 is 9.90 Å². The van der Waals surface area contributed by atoms with Crippen LogP contribution in [0, 0.1) is 5.92 Å². The number of hydrogen-bond donors (Lipinski definition) is 3. The maximum atomic E-state index is 11.7. The molecule has 0 aliphatic carbocycles. The van der Waals surface area contributed by atoms with Crippen molar-refractivity contribution in [3.8, 4) is 0 Å². The zero-order valence-electron chi connectivity index (χ0n) is 15.4. The van der Waals surface area contributed by atoms with Crippen LogP contribution in [0.2, 0.25) is 0 Å². The van der Waals surface area contributed by atoms with Crippen molar-refractivity contribution in [3.63, 3.8) is 0 Å². The third-order valence-electron chi connectivity index (χ3n) is 5.44. The van der Waals surface area contributed by atoms with Gasteiger partial charge in [0.25, 0.3) is 0 Å². The van der Waals surface area contributed by atoms with Gasteiger partial charge in [0.15, 0.2) is 0 Å². The van der Waals surface area contributed by atoms with Crippen molar-refractivity contribution in [2.75, 3.05) is 18.4 Å². The van der Waals surface area contributed by atoms with Crippen LogP contribution < -0.4 is 5.32 Å². The van der Waals surface area contributed by atoms with E-state index < -0.39 is 5.97 Å². The summed E-state index contributed by atoms with van der Waals surface area (Å²) in [4.78, 5) is 21.4. The molecule has 6 heteroatoms. The van der Waals surface area contributed by atoms with Gasteiger partial charge < -0.3 is 15.4 Å². The Bertz CT molecular complexity index is 938. The van der Waals surface area contributed by atoms with E-state index in [4.69, 9.17) is 0 Å². The molecule has 1 aliphatic rings. The number of nitrogens with zero attached hydrogens (tertiary/aromatic N) is 2. The van der Waals surface area contributed by atoms with Crippen LogP contribution in [0.1, 0.15) is 29.3 Å². The summed E-state index contributed by atoms with van der Waals surface area (Å²) < 4.78 is 0. The van der Waals surface area contributed by atoms with Crippen molar-refractivity contribution in [2.24, 2.45) is 5.92 Å². The number of anilines is 1. The fraction of sp³-hybridized carbons (Fsp3) is 0.333. The Kier molecular flexibility index (Phi) is 4.81. The number of aromatic carboxylic acids is 1. The number of carboxylic acid groups (broad SMARTS) is 1. The van der Waals surface area contributed by atoms with Crippen LogP contribution in [0.15, 0.2) is 48.8 Å². The number of carboxylic acids is 1. The average Bonchev–Trinajstić information content (AvgIpc) is 3.14. The molecule has 0 bridgehead atoms. The molecular formula is C21H24N4O2. The number of aromatic amines is 1. The van der Waals surface area contributed by atoms with Gasteiger partial charge in [-0.2, -0.15) is 0 Å². The van der Waals surface area contributed by atoms with Crippen LogP contribution in [0.3, 0.4) is 0 Å². The fourth-order valence-electron chi connectivity index (χ4n) is 3.82. The highest BCUT2D eigenvalue weighted by molar-refractivity contribution is 6.03. The molecule has 1 fully saturated rings. The van der Waals surface area contributed by atoms with E-state index in [0.29, 0.717) is 17.3 Å². The number of piperidine rings is 1. The summed E-state index contributed by atoms with van der Waals surface area (Å²) in [6.45, 7) is 5.07. The highest BCUT2D eigenvalue weighted by Crippen LogP contribution is 2.29. The highest BCUT2D eigenvalue weighted by atomic mass is 16.4. The Balaban J connectivity index is 1.57. The summed E-state index contributed by atoms with van der Waals surface area (Å²) in [6.07, 6.45) is 4.30. The standard InChI is InChI=1S/C21H24N4O2/c1-14-8-10-25(12-15-5-3-2-4-6-15)13-18(14)24-19-16-7-9-22-20(16)23-11-17(19)21(26)27/h2-7,9,11,14,18H,8,10,12-13H2,1H3,(H,26,27)(H2,22,23,24)/t14-,18+/m1/s1. The second-order valence-electron chi connectivity index (χ2n) is 7.33. The minimum atomic E-state index is -0.960. The van der Waals surface area contributed by atoms with E-state index in [9.17, 15) is 9.90 Å². The Morgan fingerprint density at radius 2 is 2.15 bits per heavy atom. The van der Waals surface area contributed by atoms with Crippen molar-refractivity contribution >= 4 is 22.7 Å². The second kappa shape index (κ2) is 7.40.